The van der Waals surface area contributed by atoms with Gasteiger partial charge < -0.3 is 19.7 Å². The third-order valence-electron chi connectivity index (χ3n) is 11.8. The molecule has 4 aliphatic rings. The standard InChI is InChI=1S/C43H49N5O7S2/c1-25(2)35-24-56-40(45-35)34-22-37(31-17-18-36(54-4)26(3)38(31)44-34)55-29-20-32-33(21-29)41(50)48(28-13-9-7-10-14-28)19-11-6-5-8-12-27-23-43(27,46-39(32)49)42(51)47-57(52,53)30-15-16-30/h7-10,12-14,17-18,22,24-25,27,29-30,32-33H,5-6,11,15-16,19-21,23H2,1-4H3,(H,46,49)(H,47,51)/b12-8-/t27-,29-,32-,33-,43-/m1/s1. The summed E-state index contributed by atoms with van der Waals surface area (Å²) >= 11 is 1.51. The minimum absolute atomic E-state index is 0.188. The molecule has 0 radical (unpaired) electrons. The number of benzene rings is 2. The molecule has 300 valence electrons. The van der Waals surface area contributed by atoms with Crippen LogP contribution < -0.4 is 24.4 Å². The number of aromatic nitrogens is 2. The Kier molecular flexibility index (Phi) is 10.6. The molecule has 3 fully saturated rings. The van der Waals surface area contributed by atoms with Gasteiger partial charge in [0.25, 0.3) is 5.91 Å². The minimum atomic E-state index is -3.86. The van der Waals surface area contributed by atoms with Crippen LogP contribution in [0.4, 0.5) is 5.69 Å². The second-order valence-electron chi connectivity index (χ2n) is 16.1. The van der Waals surface area contributed by atoms with E-state index in [1.807, 2.05) is 73.0 Å². The molecule has 0 unspecified atom stereocenters. The van der Waals surface area contributed by atoms with E-state index < -0.39 is 50.6 Å². The number of para-hydroxylation sites is 1. The third kappa shape index (κ3) is 7.77. The van der Waals surface area contributed by atoms with Gasteiger partial charge in [-0.25, -0.2) is 18.4 Å². The number of methoxy groups -OCH3 is 1. The number of hydrogen-bond donors (Lipinski definition) is 2. The van der Waals surface area contributed by atoms with Gasteiger partial charge in [0.05, 0.1) is 35.4 Å². The molecular formula is C43H49N5O7S2. The first kappa shape index (κ1) is 39.0. The van der Waals surface area contributed by atoms with Gasteiger partial charge in [0.15, 0.2) is 0 Å². The molecule has 0 saturated heterocycles. The monoisotopic (exact) mass is 811 g/mol. The predicted molar refractivity (Wildman–Crippen MR) is 220 cm³/mol. The van der Waals surface area contributed by atoms with Gasteiger partial charge >= 0.3 is 0 Å². The van der Waals surface area contributed by atoms with Crippen molar-refractivity contribution in [3.8, 4) is 22.2 Å². The molecule has 3 heterocycles. The predicted octanol–water partition coefficient (Wildman–Crippen LogP) is 6.83. The maximum atomic E-state index is 14.8. The lowest BCUT2D eigenvalue weighted by molar-refractivity contribution is -0.135. The van der Waals surface area contributed by atoms with Gasteiger partial charge in [-0.3, -0.25) is 19.1 Å². The largest absolute Gasteiger partial charge is 0.496 e. The van der Waals surface area contributed by atoms with Crippen LogP contribution in [0.5, 0.6) is 11.5 Å². The Hall–Kier alpha value is -4.82. The molecule has 0 bridgehead atoms. The summed E-state index contributed by atoms with van der Waals surface area (Å²) < 4.78 is 40.6. The van der Waals surface area contributed by atoms with E-state index in [-0.39, 0.29) is 37.0 Å². The number of sulfonamides is 1. The van der Waals surface area contributed by atoms with E-state index in [0.717, 1.165) is 40.2 Å². The Morgan fingerprint density at radius 2 is 1.81 bits per heavy atom. The fourth-order valence-electron chi connectivity index (χ4n) is 8.25. The number of fused-ring (bicyclic) bond motifs is 3. The van der Waals surface area contributed by atoms with E-state index in [0.29, 0.717) is 48.5 Å². The Balaban J connectivity index is 1.16. The molecule has 1 aliphatic heterocycles. The van der Waals surface area contributed by atoms with Gasteiger partial charge in [-0.05, 0) is 88.5 Å². The van der Waals surface area contributed by atoms with Crippen molar-refractivity contribution in [1.82, 2.24) is 20.0 Å². The highest BCUT2D eigenvalue weighted by molar-refractivity contribution is 7.91. The number of nitrogens with zero attached hydrogens (tertiary/aromatic N) is 3. The number of ether oxygens (including phenoxy) is 2. The van der Waals surface area contributed by atoms with Crippen molar-refractivity contribution in [2.45, 2.75) is 94.9 Å². The maximum Gasteiger partial charge on any atom is 0.259 e. The molecule has 2 N–H and O–H groups in total. The number of anilines is 1. The highest BCUT2D eigenvalue weighted by atomic mass is 32.2. The van der Waals surface area contributed by atoms with Crippen molar-refractivity contribution in [3.05, 3.63) is 77.3 Å². The number of carbonyl (C=O) groups is 3. The molecule has 3 saturated carbocycles. The maximum absolute atomic E-state index is 14.8. The highest BCUT2D eigenvalue weighted by Gasteiger charge is 2.62. The lowest BCUT2D eigenvalue weighted by Crippen LogP contribution is -2.54. The van der Waals surface area contributed by atoms with Crippen LogP contribution in [0.15, 0.2) is 66.1 Å². The minimum Gasteiger partial charge on any atom is -0.496 e. The Morgan fingerprint density at radius 3 is 2.53 bits per heavy atom. The Morgan fingerprint density at radius 1 is 1.04 bits per heavy atom. The van der Waals surface area contributed by atoms with Crippen LogP contribution in [-0.4, -0.2) is 66.7 Å². The quantitative estimate of drug-likeness (QED) is 0.173. The number of allylic oxidation sites excluding steroid dienone is 1. The van der Waals surface area contributed by atoms with Crippen LogP contribution in [0, 0.1) is 24.7 Å². The first-order chi connectivity index (χ1) is 27.4. The van der Waals surface area contributed by atoms with E-state index in [1.54, 1.807) is 12.0 Å². The zero-order valence-electron chi connectivity index (χ0n) is 32.7. The molecular weight excluding hydrogens is 763 g/mol. The van der Waals surface area contributed by atoms with Crippen LogP contribution >= 0.6 is 11.3 Å². The number of thiazole rings is 1. The van der Waals surface area contributed by atoms with E-state index in [1.165, 1.54) is 11.3 Å². The Labute approximate surface area is 337 Å². The van der Waals surface area contributed by atoms with E-state index >= 15 is 0 Å². The van der Waals surface area contributed by atoms with E-state index in [9.17, 15) is 22.8 Å². The third-order valence-corrected chi connectivity index (χ3v) is 14.5. The second-order valence-corrected chi connectivity index (χ2v) is 19.0. The summed E-state index contributed by atoms with van der Waals surface area (Å²) in [5.41, 5.74) is 2.47. The van der Waals surface area contributed by atoms with Gasteiger partial charge in [0.1, 0.15) is 33.8 Å². The summed E-state index contributed by atoms with van der Waals surface area (Å²) in [6.07, 6.45) is 7.33. The fourth-order valence-corrected chi connectivity index (χ4v) is 10.6. The van der Waals surface area contributed by atoms with Gasteiger partial charge in [0, 0.05) is 40.5 Å². The van der Waals surface area contributed by atoms with Gasteiger partial charge in [-0.2, -0.15) is 0 Å². The molecule has 5 atom stereocenters. The van der Waals surface area contributed by atoms with Crippen LogP contribution in [0.3, 0.4) is 0 Å². The van der Waals surface area contributed by atoms with Crippen molar-refractivity contribution in [3.63, 3.8) is 0 Å². The lowest BCUT2D eigenvalue weighted by atomic mass is 9.92. The van der Waals surface area contributed by atoms with Crippen LogP contribution in [0.25, 0.3) is 21.6 Å². The van der Waals surface area contributed by atoms with Crippen LogP contribution in [0.2, 0.25) is 0 Å². The SMILES string of the molecule is COc1ccc2c(O[C@@H]3C[C@H]4C(=O)N[C@]5(C(=O)NS(=O)(=O)C6CC6)C[C@H]5/C=C\CCCCN(c5ccccc5)C(=O)[C@@H]4C3)cc(-c3nc(C(C)C)cs3)nc2c1C. The molecule has 3 amide bonds. The van der Waals surface area contributed by atoms with Crippen molar-refractivity contribution >= 4 is 55.7 Å². The fraction of sp³-hybridized carbons (Fsp3) is 0.465. The average Bonchev–Trinajstić information content (AvgIpc) is 4.07. The van der Waals surface area contributed by atoms with Crippen molar-refractivity contribution in [2.75, 3.05) is 18.6 Å². The number of hydrogen-bond acceptors (Lipinski definition) is 10. The van der Waals surface area contributed by atoms with E-state index in [4.69, 9.17) is 19.4 Å². The molecule has 2 aromatic heterocycles. The molecule has 3 aliphatic carbocycles. The molecule has 4 aromatic rings. The summed E-state index contributed by atoms with van der Waals surface area (Å²) in [5, 5.41) is 5.96. The summed E-state index contributed by atoms with van der Waals surface area (Å²) in [6, 6.07) is 15.2. The topological polar surface area (TPSA) is 157 Å². The number of carbonyl (C=O) groups excluding carboxylic acids is 3. The average molecular weight is 812 g/mol. The number of aryl methyl sites for hydroxylation is 1. The number of rotatable bonds is 9. The molecule has 14 heteroatoms. The summed E-state index contributed by atoms with van der Waals surface area (Å²) in [4.78, 5) is 54.9. The lowest BCUT2D eigenvalue weighted by Gasteiger charge is -2.29. The second kappa shape index (κ2) is 15.5. The molecule has 12 nitrogen and oxygen atoms in total. The zero-order chi connectivity index (χ0) is 40.1. The normalized spacial score (nSPS) is 25.9. The Bertz CT molecular complexity index is 2340. The van der Waals surface area contributed by atoms with Crippen molar-refractivity contribution in [1.29, 1.82) is 0 Å². The molecule has 2 aromatic carbocycles. The zero-order valence-corrected chi connectivity index (χ0v) is 34.3. The first-order valence-corrected chi connectivity index (χ1v) is 22.3. The molecule has 57 heavy (non-hydrogen) atoms. The van der Waals surface area contributed by atoms with Gasteiger partial charge in [-0.15, -0.1) is 11.3 Å². The number of nitrogens with one attached hydrogen (secondary N) is 2. The summed E-state index contributed by atoms with van der Waals surface area (Å²) in [6.45, 7) is 6.62. The smallest absolute Gasteiger partial charge is 0.259 e. The van der Waals surface area contributed by atoms with E-state index in [2.05, 4.69) is 23.9 Å². The number of amides is 3. The van der Waals surface area contributed by atoms with Gasteiger partial charge in [0.2, 0.25) is 21.8 Å². The van der Waals surface area contributed by atoms with Crippen LogP contribution in [0.1, 0.15) is 82.4 Å². The molecule has 0 spiro atoms. The summed E-state index contributed by atoms with van der Waals surface area (Å²) in [7, 11) is -2.24. The van der Waals surface area contributed by atoms with Crippen molar-refractivity contribution in [2.24, 2.45) is 17.8 Å². The van der Waals surface area contributed by atoms with Crippen LogP contribution in [-0.2, 0) is 24.4 Å². The van der Waals surface area contributed by atoms with Gasteiger partial charge in [-0.1, -0.05) is 44.2 Å². The summed E-state index contributed by atoms with van der Waals surface area (Å²) in [5.74, 6) is -1.90. The number of pyridine rings is 1. The van der Waals surface area contributed by atoms with Crippen molar-refractivity contribution < 1.29 is 32.3 Å². The highest BCUT2D eigenvalue weighted by Crippen LogP contribution is 2.48. The molecule has 8 rings (SSSR count). The first-order valence-electron chi connectivity index (χ1n) is 19.9.